The average Bonchev–Trinajstić information content (AvgIpc) is 2.50. The Kier molecular flexibility index (Phi) is 7.61. The Labute approximate surface area is 126 Å². The lowest BCUT2D eigenvalue weighted by Crippen LogP contribution is -2.39. The van der Waals surface area contributed by atoms with Gasteiger partial charge in [0.25, 0.3) is 0 Å². The summed E-state index contributed by atoms with van der Waals surface area (Å²) in [7, 11) is 3.01. The summed E-state index contributed by atoms with van der Waals surface area (Å²) in [6.07, 6.45) is 1.50. The van der Waals surface area contributed by atoms with Crippen LogP contribution in [0.2, 0.25) is 0 Å². The third-order valence-electron chi connectivity index (χ3n) is 3.11. The monoisotopic (exact) mass is 295 g/mol. The zero-order valence-corrected chi connectivity index (χ0v) is 13.3. The van der Waals surface area contributed by atoms with Gasteiger partial charge >= 0.3 is 5.97 Å². The summed E-state index contributed by atoms with van der Waals surface area (Å²) in [5, 5.41) is 3.16. The van der Waals surface area contributed by atoms with E-state index in [-0.39, 0.29) is 12.0 Å². The predicted molar refractivity (Wildman–Crippen MR) is 81.9 cm³/mol. The van der Waals surface area contributed by atoms with E-state index in [1.165, 1.54) is 7.11 Å². The van der Waals surface area contributed by atoms with Crippen LogP contribution in [0.5, 0.6) is 11.5 Å². The zero-order chi connectivity index (χ0) is 15.7. The van der Waals surface area contributed by atoms with Crippen LogP contribution < -0.4 is 14.8 Å². The van der Waals surface area contributed by atoms with Crippen molar-refractivity contribution in [1.29, 1.82) is 0 Å². The van der Waals surface area contributed by atoms with Gasteiger partial charge in [0.05, 0.1) is 20.8 Å². The van der Waals surface area contributed by atoms with Crippen molar-refractivity contribution in [3.63, 3.8) is 0 Å². The molecule has 118 valence electrons. The van der Waals surface area contributed by atoms with Crippen LogP contribution in [0.1, 0.15) is 25.3 Å². The van der Waals surface area contributed by atoms with E-state index in [9.17, 15) is 4.79 Å². The number of carbonyl (C=O) groups excluding carboxylic acids is 1. The van der Waals surface area contributed by atoms with Crippen LogP contribution >= 0.6 is 0 Å². The molecule has 0 saturated heterocycles. The Morgan fingerprint density at radius 1 is 1.29 bits per heavy atom. The number of hydrogen-bond donors (Lipinski definition) is 1. The lowest BCUT2D eigenvalue weighted by molar-refractivity contribution is -0.143. The molecule has 21 heavy (non-hydrogen) atoms. The first-order chi connectivity index (χ1) is 10.1. The first-order valence-corrected chi connectivity index (χ1v) is 7.21. The number of carbonyl (C=O) groups is 1. The van der Waals surface area contributed by atoms with Crippen LogP contribution in [0.3, 0.4) is 0 Å². The highest BCUT2D eigenvalue weighted by molar-refractivity contribution is 5.75. The van der Waals surface area contributed by atoms with Gasteiger partial charge in [-0.3, -0.25) is 4.79 Å². The molecule has 0 aliphatic heterocycles. The molecule has 0 aliphatic carbocycles. The molecule has 0 aliphatic rings. The lowest BCUT2D eigenvalue weighted by atomic mass is 10.2. The number of esters is 1. The maximum Gasteiger partial charge on any atom is 0.322 e. The first-order valence-electron chi connectivity index (χ1n) is 7.21. The fraction of sp³-hybridized carbons (Fsp3) is 0.562. The number of benzene rings is 1. The SMILES string of the molecule is CCCNC(CCOc1ccc(C)cc1OC)C(=O)OC. The van der Waals surface area contributed by atoms with Crippen molar-refractivity contribution in [2.75, 3.05) is 27.4 Å². The molecule has 0 saturated carbocycles. The molecule has 0 heterocycles. The van der Waals surface area contributed by atoms with Crippen molar-refractivity contribution in [2.45, 2.75) is 32.7 Å². The number of ether oxygens (including phenoxy) is 3. The number of rotatable bonds is 9. The molecule has 0 fully saturated rings. The maximum atomic E-state index is 11.7. The van der Waals surface area contributed by atoms with Crippen molar-refractivity contribution < 1.29 is 19.0 Å². The summed E-state index contributed by atoms with van der Waals surface area (Å²) in [5.74, 6) is 1.12. The highest BCUT2D eigenvalue weighted by atomic mass is 16.5. The Hall–Kier alpha value is -1.75. The Bertz CT molecular complexity index is 448. The molecule has 5 heteroatoms. The minimum Gasteiger partial charge on any atom is -0.493 e. The Morgan fingerprint density at radius 3 is 2.67 bits per heavy atom. The summed E-state index contributed by atoms with van der Waals surface area (Å²) >= 11 is 0. The molecule has 1 N–H and O–H groups in total. The summed E-state index contributed by atoms with van der Waals surface area (Å²) in [4.78, 5) is 11.7. The van der Waals surface area contributed by atoms with Gasteiger partial charge in [0, 0.05) is 6.42 Å². The molecular weight excluding hydrogens is 270 g/mol. The smallest absolute Gasteiger partial charge is 0.322 e. The predicted octanol–water partition coefficient (Wildman–Crippen LogP) is 2.31. The number of methoxy groups -OCH3 is 2. The van der Waals surface area contributed by atoms with E-state index in [4.69, 9.17) is 14.2 Å². The Morgan fingerprint density at radius 2 is 2.05 bits per heavy atom. The number of hydrogen-bond acceptors (Lipinski definition) is 5. The van der Waals surface area contributed by atoms with Crippen LogP contribution in [-0.2, 0) is 9.53 Å². The molecule has 0 spiro atoms. The molecule has 0 radical (unpaired) electrons. The molecule has 0 bridgehead atoms. The first kappa shape index (κ1) is 17.3. The van der Waals surface area contributed by atoms with E-state index in [2.05, 4.69) is 12.2 Å². The van der Waals surface area contributed by atoms with Gasteiger partial charge < -0.3 is 19.5 Å². The van der Waals surface area contributed by atoms with Gasteiger partial charge in [-0.25, -0.2) is 0 Å². The molecular formula is C16H25NO4. The van der Waals surface area contributed by atoms with E-state index in [0.717, 1.165) is 18.5 Å². The van der Waals surface area contributed by atoms with Crippen LogP contribution in [0, 0.1) is 6.92 Å². The van der Waals surface area contributed by atoms with Crippen LogP contribution in [-0.4, -0.2) is 39.4 Å². The highest BCUT2D eigenvalue weighted by Gasteiger charge is 2.18. The number of aryl methyl sites for hydroxylation is 1. The van der Waals surface area contributed by atoms with E-state index in [1.807, 2.05) is 25.1 Å². The Balaban J connectivity index is 2.55. The zero-order valence-electron chi connectivity index (χ0n) is 13.3. The standard InChI is InChI=1S/C16H25NO4/c1-5-9-17-13(16(18)20-4)8-10-21-14-7-6-12(2)11-15(14)19-3/h6-7,11,13,17H,5,8-10H2,1-4H3. The minimum atomic E-state index is -0.341. The second-order valence-electron chi connectivity index (χ2n) is 4.82. The van der Waals surface area contributed by atoms with E-state index >= 15 is 0 Å². The second kappa shape index (κ2) is 9.23. The average molecular weight is 295 g/mol. The molecule has 0 aromatic heterocycles. The summed E-state index contributed by atoms with van der Waals surface area (Å²) in [5.41, 5.74) is 1.11. The van der Waals surface area contributed by atoms with E-state index in [0.29, 0.717) is 24.5 Å². The quantitative estimate of drug-likeness (QED) is 0.709. The van der Waals surface area contributed by atoms with Crippen molar-refractivity contribution in [3.05, 3.63) is 23.8 Å². The number of nitrogens with one attached hydrogen (secondary N) is 1. The van der Waals surface area contributed by atoms with E-state index < -0.39 is 0 Å². The van der Waals surface area contributed by atoms with Crippen molar-refractivity contribution >= 4 is 5.97 Å². The summed E-state index contributed by atoms with van der Waals surface area (Å²) < 4.78 is 15.8. The van der Waals surface area contributed by atoms with Gasteiger partial charge in [0.1, 0.15) is 6.04 Å². The molecule has 1 aromatic rings. The fourth-order valence-electron chi connectivity index (χ4n) is 1.94. The van der Waals surface area contributed by atoms with Gasteiger partial charge in [-0.15, -0.1) is 0 Å². The van der Waals surface area contributed by atoms with Crippen LogP contribution in [0.25, 0.3) is 0 Å². The van der Waals surface area contributed by atoms with Crippen molar-refractivity contribution in [3.8, 4) is 11.5 Å². The molecule has 1 atom stereocenters. The molecule has 1 rings (SSSR count). The molecule has 5 nitrogen and oxygen atoms in total. The third kappa shape index (κ3) is 5.63. The second-order valence-corrected chi connectivity index (χ2v) is 4.82. The van der Waals surface area contributed by atoms with Gasteiger partial charge in [0.15, 0.2) is 11.5 Å². The molecule has 1 aromatic carbocycles. The maximum absolute atomic E-state index is 11.7. The van der Waals surface area contributed by atoms with Gasteiger partial charge in [-0.1, -0.05) is 13.0 Å². The fourth-order valence-corrected chi connectivity index (χ4v) is 1.94. The van der Waals surface area contributed by atoms with Crippen LogP contribution in [0.4, 0.5) is 0 Å². The topological polar surface area (TPSA) is 56.8 Å². The largest absolute Gasteiger partial charge is 0.493 e. The normalized spacial score (nSPS) is 11.8. The van der Waals surface area contributed by atoms with Gasteiger partial charge in [-0.2, -0.15) is 0 Å². The minimum absolute atomic E-state index is 0.261. The van der Waals surface area contributed by atoms with Crippen LogP contribution in [0.15, 0.2) is 18.2 Å². The molecule has 0 amide bonds. The van der Waals surface area contributed by atoms with Crippen molar-refractivity contribution in [1.82, 2.24) is 5.32 Å². The van der Waals surface area contributed by atoms with E-state index in [1.54, 1.807) is 7.11 Å². The molecule has 1 unspecified atom stereocenters. The van der Waals surface area contributed by atoms with Crippen molar-refractivity contribution in [2.24, 2.45) is 0 Å². The van der Waals surface area contributed by atoms with Gasteiger partial charge in [-0.05, 0) is 37.6 Å². The van der Waals surface area contributed by atoms with Gasteiger partial charge in [0.2, 0.25) is 0 Å². The summed E-state index contributed by atoms with van der Waals surface area (Å²) in [6.45, 7) is 5.23. The third-order valence-corrected chi connectivity index (χ3v) is 3.11. The highest BCUT2D eigenvalue weighted by Crippen LogP contribution is 2.27. The summed E-state index contributed by atoms with van der Waals surface area (Å²) in [6, 6.07) is 5.42. The lowest BCUT2D eigenvalue weighted by Gasteiger charge is -2.17.